The standard InChI is InChI=1S/C15H19ClF2N2O3/c1-2-3-9(4-5-21)8-19-14(22)15(23)20-13-7-12(18)11(17)6-10(13)16/h6-7,9,21H,2-5,8H2,1H3,(H,19,22)(H,20,23). The van der Waals surface area contributed by atoms with Gasteiger partial charge in [-0.2, -0.15) is 0 Å². The van der Waals surface area contributed by atoms with Crippen LogP contribution in [0.2, 0.25) is 5.02 Å². The molecular formula is C15H19ClF2N2O3. The molecule has 1 unspecified atom stereocenters. The van der Waals surface area contributed by atoms with Gasteiger partial charge in [0.1, 0.15) is 0 Å². The summed E-state index contributed by atoms with van der Waals surface area (Å²) in [7, 11) is 0. The molecule has 23 heavy (non-hydrogen) atoms. The van der Waals surface area contributed by atoms with Crippen LogP contribution in [-0.4, -0.2) is 30.1 Å². The van der Waals surface area contributed by atoms with Crippen LogP contribution in [0.15, 0.2) is 12.1 Å². The Morgan fingerprint density at radius 1 is 1.22 bits per heavy atom. The maximum Gasteiger partial charge on any atom is 0.313 e. The second-order valence-electron chi connectivity index (χ2n) is 5.08. The Bertz CT molecular complexity index is 564. The summed E-state index contributed by atoms with van der Waals surface area (Å²) in [6.07, 6.45) is 2.21. The maximum absolute atomic E-state index is 13.1. The largest absolute Gasteiger partial charge is 0.396 e. The Balaban J connectivity index is 2.60. The first kappa shape index (κ1) is 19.3. The van der Waals surface area contributed by atoms with E-state index in [0.29, 0.717) is 18.6 Å². The summed E-state index contributed by atoms with van der Waals surface area (Å²) in [6.45, 7) is 2.22. The Labute approximate surface area is 138 Å². The van der Waals surface area contributed by atoms with E-state index < -0.39 is 23.4 Å². The lowest BCUT2D eigenvalue weighted by Crippen LogP contribution is -2.38. The van der Waals surface area contributed by atoms with Gasteiger partial charge in [0.25, 0.3) is 0 Å². The molecule has 2 amide bonds. The summed E-state index contributed by atoms with van der Waals surface area (Å²) in [5.74, 6) is -4.21. The first-order valence-electron chi connectivity index (χ1n) is 7.23. The average Bonchev–Trinajstić information content (AvgIpc) is 2.50. The zero-order valence-electron chi connectivity index (χ0n) is 12.7. The van der Waals surface area contributed by atoms with E-state index in [2.05, 4.69) is 10.6 Å². The predicted molar refractivity (Wildman–Crippen MR) is 83.1 cm³/mol. The minimum Gasteiger partial charge on any atom is -0.396 e. The van der Waals surface area contributed by atoms with Crippen molar-refractivity contribution in [3.63, 3.8) is 0 Å². The van der Waals surface area contributed by atoms with Crippen LogP contribution < -0.4 is 10.6 Å². The van der Waals surface area contributed by atoms with Gasteiger partial charge >= 0.3 is 11.8 Å². The van der Waals surface area contributed by atoms with E-state index in [-0.39, 0.29) is 29.8 Å². The molecule has 0 aliphatic carbocycles. The number of carbonyl (C=O) groups excluding carboxylic acids is 2. The van der Waals surface area contributed by atoms with E-state index in [0.717, 1.165) is 12.8 Å². The van der Waals surface area contributed by atoms with E-state index in [1.54, 1.807) is 0 Å². The Hall–Kier alpha value is -1.73. The summed E-state index contributed by atoms with van der Waals surface area (Å²) in [5, 5.41) is 13.3. The zero-order chi connectivity index (χ0) is 17.4. The summed E-state index contributed by atoms with van der Waals surface area (Å²) >= 11 is 5.68. The van der Waals surface area contributed by atoms with Crippen LogP contribution in [0.3, 0.4) is 0 Å². The van der Waals surface area contributed by atoms with Gasteiger partial charge < -0.3 is 15.7 Å². The molecule has 0 bridgehead atoms. The molecule has 0 heterocycles. The number of amides is 2. The smallest absolute Gasteiger partial charge is 0.313 e. The summed E-state index contributed by atoms with van der Waals surface area (Å²) in [4.78, 5) is 23.5. The van der Waals surface area contributed by atoms with Crippen molar-refractivity contribution >= 4 is 29.1 Å². The van der Waals surface area contributed by atoms with Crippen LogP contribution in [-0.2, 0) is 9.59 Å². The molecule has 0 aliphatic rings. The number of halogens is 3. The first-order chi connectivity index (χ1) is 10.9. The number of carbonyl (C=O) groups is 2. The van der Waals surface area contributed by atoms with E-state index in [4.69, 9.17) is 16.7 Å². The molecule has 1 aromatic rings. The highest BCUT2D eigenvalue weighted by Crippen LogP contribution is 2.24. The molecule has 0 saturated carbocycles. The van der Waals surface area contributed by atoms with Gasteiger partial charge in [-0.1, -0.05) is 24.9 Å². The minimum atomic E-state index is -1.18. The fourth-order valence-corrected chi connectivity index (χ4v) is 2.25. The fourth-order valence-electron chi connectivity index (χ4n) is 2.05. The van der Waals surface area contributed by atoms with Crippen molar-refractivity contribution in [2.75, 3.05) is 18.5 Å². The third-order valence-electron chi connectivity index (χ3n) is 3.25. The average molecular weight is 349 g/mol. The van der Waals surface area contributed by atoms with E-state index >= 15 is 0 Å². The molecular weight excluding hydrogens is 330 g/mol. The van der Waals surface area contributed by atoms with Crippen LogP contribution in [0.1, 0.15) is 26.2 Å². The maximum atomic E-state index is 13.1. The van der Waals surface area contributed by atoms with Gasteiger partial charge in [-0.3, -0.25) is 9.59 Å². The van der Waals surface area contributed by atoms with E-state index in [9.17, 15) is 18.4 Å². The lowest BCUT2D eigenvalue weighted by Gasteiger charge is -2.15. The van der Waals surface area contributed by atoms with Crippen LogP contribution >= 0.6 is 11.6 Å². The van der Waals surface area contributed by atoms with Crippen molar-refractivity contribution in [3.8, 4) is 0 Å². The van der Waals surface area contributed by atoms with Gasteiger partial charge in [0.05, 0.1) is 10.7 Å². The number of hydrogen-bond donors (Lipinski definition) is 3. The van der Waals surface area contributed by atoms with Crippen LogP contribution in [0, 0.1) is 17.6 Å². The van der Waals surface area contributed by atoms with Gasteiger partial charge in [-0.25, -0.2) is 8.78 Å². The predicted octanol–water partition coefficient (Wildman–Crippen LogP) is 2.47. The number of benzene rings is 1. The van der Waals surface area contributed by atoms with Crippen LogP contribution in [0.25, 0.3) is 0 Å². The van der Waals surface area contributed by atoms with Gasteiger partial charge in [-0.15, -0.1) is 0 Å². The topological polar surface area (TPSA) is 78.4 Å². The Kier molecular flexibility index (Phi) is 7.91. The summed E-state index contributed by atoms with van der Waals surface area (Å²) in [5.41, 5.74) is -0.189. The quantitative estimate of drug-likeness (QED) is 0.523. The SMILES string of the molecule is CCCC(CCO)CNC(=O)C(=O)Nc1cc(F)c(F)cc1Cl. The molecule has 0 aromatic heterocycles. The summed E-state index contributed by atoms with van der Waals surface area (Å²) < 4.78 is 26.1. The zero-order valence-corrected chi connectivity index (χ0v) is 13.4. The third-order valence-corrected chi connectivity index (χ3v) is 3.56. The molecule has 3 N–H and O–H groups in total. The Morgan fingerprint density at radius 3 is 2.48 bits per heavy atom. The van der Waals surface area contributed by atoms with E-state index in [1.807, 2.05) is 6.92 Å². The molecule has 0 saturated heterocycles. The number of rotatable bonds is 7. The van der Waals surface area contributed by atoms with Crippen molar-refractivity contribution in [2.24, 2.45) is 5.92 Å². The molecule has 0 spiro atoms. The normalized spacial score (nSPS) is 11.9. The second-order valence-corrected chi connectivity index (χ2v) is 5.48. The minimum absolute atomic E-state index is 0.00278. The van der Waals surface area contributed by atoms with Crippen molar-refractivity contribution in [2.45, 2.75) is 26.2 Å². The number of aliphatic hydroxyl groups is 1. The molecule has 8 heteroatoms. The molecule has 0 fully saturated rings. The van der Waals surface area contributed by atoms with Crippen molar-refractivity contribution in [1.82, 2.24) is 5.32 Å². The number of anilines is 1. The monoisotopic (exact) mass is 348 g/mol. The fraction of sp³-hybridized carbons (Fsp3) is 0.467. The molecule has 0 aliphatic heterocycles. The highest BCUT2D eigenvalue weighted by atomic mass is 35.5. The number of nitrogens with one attached hydrogen (secondary N) is 2. The number of hydrogen-bond acceptors (Lipinski definition) is 3. The van der Waals surface area contributed by atoms with Crippen LogP contribution in [0.4, 0.5) is 14.5 Å². The Morgan fingerprint density at radius 2 is 1.87 bits per heavy atom. The molecule has 1 atom stereocenters. The highest BCUT2D eigenvalue weighted by Gasteiger charge is 2.18. The first-order valence-corrected chi connectivity index (χ1v) is 7.61. The third kappa shape index (κ3) is 6.11. The molecule has 1 aromatic carbocycles. The van der Waals surface area contributed by atoms with Crippen molar-refractivity contribution < 1.29 is 23.5 Å². The lowest BCUT2D eigenvalue weighted by atomic mass is 10.0. The van der Waals surface area contributed by atoms with Gasteiger partial charge in [-0.05, 0) is 24.8 Å². The molecule has 1 rings (SSSR count). The lowest BCUT2D eigenvalue weighted by molar-refractivity contribution is -0.136. The van der Waals surface area contributed by atoms with Crippen molar-refractivity contribution in [3.05, 3.63) is 28.8 Å². The van der Waals surface area contributed by atoms with Crippen molar-refractivity contribution in [1.29, 1.82) is 0 Å². The van der Waals surface area contributed by atoms with Crippen LogP contribution in [0.5, 0.6) is 0 Å². The second kappa shape index (κ2) is 9.42. The molecule has 5 nitrogen and oxygen atoms in total. The van der Waals surface area contributed by atoms with Gasteiger partial charge in [0, 0.05) is 19.2 Å². The molecule has 128 valence electrons. The van der Waals surface area contributed by atoms with Gasteiger partial charge in [0.2, 0.25) is 0 Å². The van der Waals surface area contributed by atoms with E-state index in [1.165, 1.54) is 0 Å². The number of aliphatic hydroxyl groups excluding tert-OH is 1. The molecule has 0 radical (unpaired) electrons. The summed E-state index contributed by atoms with van der Waals surface area (Å²) in [6, 6.07) is 1.41. The highest BCUT2D eigenvalue weighted by molar-refractivity contribution is 6.41. The van der Waals surface area contributed by atoms with Gasteiger partial charge in [0.15, 0.2) is 11.6 Å².